The number of nitrogens with one attached hydrogen (secondary N) is 1. The van der Waals surface area contributed by atoms with Crippen LogP contribution in [0.1, 0.15) is 45.2 Å². The van der Waals surface area contributed by atoms with Crippen molar-refractivity contribution in [2.75, 3.05) is 32.8 Å². The molecule has 2 unspecified atom stereocenters. The second-order valence-electron chi connectivity index (χ2n) is 6.10. The highest BCUT2D eigenvalue weighted by molar-refractivity contribution is 5.28. The fourth-order valence-corrected chi connectivity index (χ4v) is 2.90. The van der Waals surface area contributed by atoms with Crippen molar-refractivity contribution in [1.29, 1.82) is 0 Å². The van der Waals surface area contributed by atoms with E-state index >= 15 is 0 Å². The first kappa shape index (κ1) is 16.3. The van der Waals surface area contributed by atoms with E-state index < -0.39 is 0 Å². The second kappa shape index (κ2) is 8.40. The van der Waals surface area contributed by atoms with Crippen LogP contribution >= 0.6 is 0 Å². The number of likely N-dealkylation sites (tertiary alicyclic amines) is 1. The number of ether oxygens (including phenoxy) is 1. The summed E-state index contributed by atoms with van der Waals surface area (Å²) in [6.45, 7) is 12.2. The average molecular weight is 290 g/mol. The highest BCUT2D eigenvalue weighted by atomic mass is 16.5. The highest BCUT2D eigenvalue weighted by Crippen LogP contribution is 2.20. The van der Waals surface area contributed by atoms with Gasteiger partial charge < -0.3 is 15.0 Å². The van der Waals surface area contributed by atoms with Gasteiger partial charge in [-0.2, -0.15) is 0 Å². The Hall–Kier alpha value is -1.06. The normalized spacial score (nSPS) is 20.6. The molecule has 1 aromatic rings. The van der Waals surface area contributed by atoms with E-state index in [-0.39, 0.29) is 0 Å². The van der Waals surface area contributed by atoms with Crippen LogP contribution in [0.5, 0.6) is 5.75 Å². The third kappa shape index (κ3) is 5.01. The Bertz CT molecular complexity index is 404. The third-order valence-electron chi connectivity index (χ3n) is 4.38. The molecule has 0 spiro atoms. The number of hydrogen-bond donors (Lipinski definition) is 1. The molecule has 21 heavy (non-hydrogen) atoms. The Morgan fingerprint density at radius 2 is 2.05 bits per heavy atom. The quantitative estimate of drug-likeness (QED) is 0.793. The predicted octanol–water partition coefficient (Wildman–Crippen LogP) is 3.47. The van der Waals surface area contributed by atoms with E-state index in [4.69, 9.17) is 4.74 Å². The third-order valence-corrected chi connectivity index (χ3v) is 4.38. The van der Waals surface area contributed by atoms with Crippen molar-refractivity contribution in [3.05, 3.63) is 29.8 Å². The van der Waals surface area contributed by atoms with Crippen molar-refractivity contribution < 1.29 is 4.74 Å². The monoisotopic (exact) mass is 290 g/mol. The van der Waals surface area contributed by atoms with E-state index in [1.165, 1.54) is 31.6 Å². The SMILES string of the molecule is CCCOc1ccc(C(C)NCC2CCN(CC)C2)cc1. The highest BCUT2D eigenvalue weighted by Gasteiger charge is 2.21. The van der Waals surface area contributed by atoms with E-state index in [1.807, 2.05) is 0 Å². The van der Waals surface area contributed by atoms with Gasteiger partial charge in [-0.25, -0.2) is 0 Å². The molecule has 0 radical (unpaired) electrons. The second-order valence-corrected chi connectivity index (χ2v) is 6.10. The van der Waals surface area contributed by atoms with E-state index in [1.54, 1.807) is 0 Å². The first-order valence-electron chi connectivity index (χ1n) is 8.41. The molecular formula is C18H30N2O. The smallest absolute Gasteiger partial charge is 0.119 e. The summed E-state index contributed by atoms with van der Waals surface area (Å²) in [5.41, 5.74) is 1.34. The molecule has 0 aliphatic carbocycles. The van der Waals surface area contributed by atoms with Gasteiger partial charge in [0.2, 0.25) is 0 Å². The molecule has 1 aromatic carbocycles. The van der Waals surface area contributed by atoms with E-state index in [2.05, 4.69) is 55.3 Å². The van der Waals surface area contributed by atoms with Gasteiger partial charge in [0.25, 0.3) is 0 Å². The Kier molecular flexibility index (Phi) is 6.52. The topological polar surface area (TPSA) is 24.5 Å². The molecular weight excluding hydrogens is 260 g/mol. The minimum absolute atomic E-state index is 0.404. The van der Waals surface area contributed by atoms with Crippen molar-refractivity contribution in [3.8, 4) is 5.75 Å². The molecule has 1 heterocycles. The lowest BCUT2D eigenvalue weighted by molar-refractivity contribution is 0.317. The molecule has 1 aliphatic rings. The van der Waals surface area contributed by atoms with Crippen LogP contribution in [0, 0.1) is 5.92 Å². The first-order chi connectivity index (χ1) is 10.2. The number of rotatable bonds is 8. The zero-order valence-electron chi connectivity index (χ0n) is 13.8. The van der Waals surface area contributed by atoms with Crippen molar-refractivity contribution in [2.24, 2.45) is 5.92 Å². The van der Waals surface area contributed by atoms with Crippen LogP contribution in [-0.4, -0.2) is 37.7 Å². The number of nitrogens with zero attached hydrogens (tertiary/aromatic N) is 1. The standard InChI is InChI=1S/C18H30N2O/c1-4-12-21-18-8-6-17(7-9-18)15(3)19-13-16-10-11-20(5-2)14-16/h6-9,15-16,19H,4-5,10-14H2,1-3H3. The van der Waals surface area contributed by atoms with Crippen LogP contribution in [0.15, 0.2) is 24.3 Å². The molecule has 0 aromatic heterocycles. The van der Waals surface area contributed by atoms with Crippen molar-refractivity contribution in [2.45, 2.75) is 39.7 Å². The lowest BCUT2D eigenvalue weighted by atomic mass is 10.1. The van der Waals surface area contributed by atoms with E-state index in [9.17, 15) is 0 Å². The maximum Gasteiger partial charge on any atom is 0.119 e. The Labute approximate surface area is 129 Å². The van der Waals surface area contributed by atoms with Gasteiger partial charge in [0.15, 0.2) is 0 Å². The minimum atomic E-state index is 0.404. The van der Waals surface area contributed by atoms with Gasteiger partial charge in [0, 0.05) is 12.6 Å². The van der Waals surface area contributed by atoms with Crippen LogP contribution in [0.4, 0.5) is 0 Å². The van der Waals surface area contributed by atoms with Crippen molar-refractivity contribution >= 4 is 0 Å². The maximum absolute atomic E-state index is 5.63. The van der Waals surface area contributed by atoms with Crippen LogP contribution in [0.2, 0.25) is 0 Å². The summed E-state index contributed by atoms with van der Waals surface area (Å²) in [4.78, 5) is 2.54. The maximum atomic E-state index is 5.63. The summed E-state index contributed by atoms with van der Waals surface area (Å²) in [5, 5.41) is 3.68. The number of benzene rings is 1. The molecule has 1 fully saturated rings. The molecule has 2 atom stereocenters. The molecule has 1 N–H and O–H groups in total. The fraction of sp³-hybridized carbons (Fsp3) is 0.667. The fourth-order valence-electron chi connectivity index (χ4n) is 2.90. The van der Waals surface area contributed by atoms with Crippen LogP contribution in [0.25, 0.3) is 0 Å². The summed E-state index contributed by atoms with van der Waals surface area (Å²) in [5.74, 6) is 1.78. The van der Waals surface area contributed by atoms with Crippen molar-refractivity contribution in [1.82, 2.24) is 10.2 Å². The molecule has 3 nitrogen and oxygen atoms in total. The predicted molar refractivity (Wildman–Crippen MR) is 88.9 cm³/mol. The van der Waals surface area contributed by atoms with E-state index in [0.717, 1.165) is 31.2 Å². The van der Waals surface area contributed by atoms with Gasteiger partial charge in [-0.1, -0.05) is 26.0 Å². The van der Waals surface area contributed by atoms with Crippen LogP contribution < -0.4 is 10.1 Å². The summed E-state index contributed by atoms with van der Waals surface area (Å²) >= 11 is 0. The van der Waals surface area contributed by atoms with Gasteiger partial charge in [-0.15, -0.1) is 0 Å². The zero-order chi connectivity index (χ0) is 15.1. The molecule has 0 bridgehead atoms. The first-order valence-corrected chi connectivity index (χ1v) is 8.41. The van der Waals surface area contributed by atoms with Gasteiger partial charge in [0.1, 0.15) is 5.75 Å². The van der Waals surface area contributed by atoms with E-state index in [0.29, 0.717) is 6.04 Å². The summed E-state index contributed by atoms with van der Waals surface area (Å²) in [6.07, 6.45) is 2.38. The zero-order valence-corrected chi connectivity index (χ0v) is 13.8. The summed E-state index contributed by atoms with van der Waals surface area (Å²) < 4.78 is 5.63. The Morgan fingerprint density at radius 1 is 1.29 bits per heavy atom. The molecule has 2 rings (SSSR count). The summed E-state index contributed by atoms with van der Waals surface area (Å²) in [7, 11) is 0. The van der Waals surface area contributed by atoms with Gasteiger partial charge in [-0.3, -0.25) is 0 Å². The minimum Gasteiger partial charge on any atom is -0.494 e. The lowest BCUT2D eigenvalue weighted by Gasteiger charge is -2.18. The van der Waals surface area contributed by atoms with Gasteiger partial charge in [-0.05, 0) is 63.0 Å². The molecule has 1 aliphatic heterocycles. The Balaban J connectivity index is 1.76. The molecule has 118 valence electrons. The lowest BCUT2D eigenvalue weighted by Crippen LogP contribution is -2.28. The summed E-state index contributed by atoms with van der Waals surface area (Å²) in [6, 6.07) is 8.92. The van der Waals surface area contributed by atoms with Crippen LogP contribution in [0.3, 0.4) is 0 Å². The van der Waals surface area contributed by atoms with Crippen LogP contribution in [-0.2, 0) is 0 Å². The van der Waals surface area contributed by atoms with Gasteiger partial charge >= 0.3 is 0 Å². The van der Waals surface area contributed by atoms with Gasteiger partial charge in [0.05, 0.1) is 6.61 Å². The molecule has 0 saturated carbocycles. The Morgan fingerprint density at radius 3 is 2.67 bits per heavy atom. The molecule has 1 saturated heterocycles. The molecule has 3 heteroatoms. The number of hydrogen-bond acceptors (Lipinski definition) is 3. The average Bonchev–Trinajstić information content (AvgIpc) is 2.99. The molecule has 0 amide bonds. The largest absolute Gasteiger partial charge is 0.494 e. The van der Waals surface area contributed by atoms with Crippen molar-refractivity contribution in [3.63, 3.8) is 0 Å².